The predicted octanol–water partition coefficient (Wildman–Crippen LogP) is 3.72. The van der Waals surface area contributed by atoms with Gasteiger partial charge in [0.1, 0.15) is 16.9 Å². The SMILES string of the molecule is COc1cccc2c(CBr)nn(C(=O)OC(C)(C)C)c12. The lowest BCUT2D eigenvalue weighted by Gasteiger charge is -2.19. The third kappa shape index (κ3) is 2.80. The molecule has 0 saturated carbocycles. The molecule has 0 amide bonds. The van der Waals surface area contributed by atoms with Crippen molar-refractivity contribution in [3.63, 3.8) is 0 Å². The summed E-state index contributed by atoms with van der Waals surface area (Å²) in [4.78, 5) is 12.3. The molecule has 20 heavy (non-hydrogen) atoms. The highest BCUT2D eigenvalue weighted by Gasteiger charge is 2.23. The van der Waals surface area contributed by atoms with Crippen LogP contribution < -0.4 is 4.74 Å². The molecule has 0 aliphatic carbocycles. The Kier molecular flexibility index (Phi) is 4.04. The average Bonchev–Trinajstić information content (AvgIpc) is 2.75. The molecular weight excluding hydrogens is 324 g/mol. The van der Waals surface area contributed by atoms with Gasteiger partial charge in [-0.25, -0.2) is 4.79 Å². The van der Waals surface area contributed by atoms with Crippen molar-refractivity contribution in [1.29, 1.82) is 0 Å². The molecule has 108 valence electrons. The molecule has 0 unspecified atom stereocenters. The molecule has 1 heterocycles. The molecule has 0 saturated heterocycles. The third-order valence-corrected chi connectivity index (χ3v) is 3.19. The van der Waals surface area contributed by atoms with Crippen LogP contribution in [0.5, 0.6) is 5.75 Å². The summed E-state index contributed by atoms with van der Waals surface area (Å²) in [5.74, 6) is 0.591. The monoisotopic (exact) mass is 340 g/mol. The first-order valence-electron chi connectivity index (χ1n) is 6.21. The Labute approximate surface area is 126 Å². The zero-order chi connectivity index (χ0) is 14.9. The molecule has 0 atom stereocenters. The molecule has 6 heteroatoms. The number of carbonyl (C=O) groups is 1. The van der Waals surface area contributed by atoms with Crippen molar-refractivity contribution in [1.82, 2.24) is 9.78 Å². The van der Waals surface area contributed by atoms with Gasteiger partial charge in [-0.3, -0.25) is 0 Å². The minimum atomic E-state index is -0.577. The van der Waals surface area contributed by atoms with Crippen molar-refractivity contribution >= 4 is 32.9 Å². The van der Waals surface area contributed by atoms with E-state index in [1.54, 1.807) is 13.2 Å². The number of nitrogens with zero attached hydrogens (tertiary/aromatic N) is 2. The molecule has 0 spiro atoms. The Hall–Kier alpha value is -1.56. The van der Waals surface area contributed by atoms with E-state index in [0.717, 1.165) is 11.1 Å². The first-order chi connectivity index (χ1) is 9.37. The number of methoxy groups -OCH3 is 1. The van der Waals surface area contributed by atoms with Crippen molar-refractivity contribution in [2.45, 2.75) is 31.7 Å². The minimum Gasteiger partial charge on any atom is -0.494 e. The van der Waals surface area contributed by atoms with Crippen LogP contribution in [0.25, 0.3) is 10.9 Å². The molecular formula is C14H17BrN2O3. The van der Waals surface area contributed by atoms with E-state index >= 15 is 0 Å². The number of para-hydroxylation sites is 1. The highest BCUT2D eigenvalue weighted by atomic mass is 79.9. The summed E-state index contributed by atoms with van der Waals surface area (Å²) in [6, 6.07) is 5.57. The summed E-state index contributed by atoms with van der Waals surface area (Å²) in [6.07, 6.45) is -0.515. The first-order valence-corrected chi connectivity index (χ1v) is 7.33. The fourth-order valence-corrected chi connectivity index (χ4v) is 2.31. The average molecular weight is 341 g/mol. The zero-order valence-electron chi connectivity index (χ0n) is 11.9. The van der Waals surface area contributed by atoms with E-state index in [4.69, 9.17) is 9.47 Å². The smallest absolute Gasteiger partial charge is 0.435 e. The van der Waals surface area contributed by atoms with E-state index in [1.807, 2.05) is 32.9 Å². The topological polar surface area (TPSA) is 53.4 Å². The number of hydrogen-bond donors (Lipinski definition) is 0. The summed E-state index contributed by atoms with van der Waals surface area (Å²) >= 11 is 3.38. The fourth-order valence-electron chi connectivity index (χ4n) is 1.90. The lowest BCUT2D eigenvalue weighted by atomic mass is 10.2. The molecule has 1 aromatic heterocycles. The second-order valence-electron chi connectivity index (χ2n) is 5.33. The maximum Gasteiger partial charge on any atom is 0.435 e. The number of fused-ring (bicyclic) bond motifs is 1. The van der Waals surface area contributed by atoms with Gasteiger partial charge in [0.25, 0.3) is 0 Å². The number of carbonyl (C=O) groups excluding carboxylic acids is 1. The zero-order valence-corrected chi connectivity index (χ0v) is 13.5. The van der Waals surface area contributed by atoms with Crippen LogP contribution in [-0.2, 0) is 10.1 Å². The number of aromatic nitrogens is 2. The third-order valence-electron chi connectivity index (χ3n) is 2.66. The summed E-state index contributed by atoms with van der Waals surface area (Å²) in [6.45, 7) is 5.46. The minimum absolute atomic E-state index is 0.515. The van der Waals surface area contributed by atoms with Gasteiger partial charge < -0.3 is 9.47 Å². The van der Waals surface area contributed by atoms with Gasteiger partial charge in [-0.2, -0.15) is 9.78 Å². The quantitative estimate of drug-likeness (QED) is 0.781. The first kappa shape index (κ1) is 14.8. The molecule has 2 aromatic rings. The Bertz CT molecular complexity index is 644. The molecule has 2 rings (SSSR count). The van der Waals surface area contributed by atoms with E-state index in [9.17, 15) is 4.79 Å². The van der Waals surface area contributed by atoms with Crippen LogP contribution in [0.1, 0.15) is 26.5 Å². The molecule has 5 nitrogen and oxygen atoms in total. The second-order valence-corrected chi connectivity index (χ2v) is 5.89. The normalized spacial score (nSPS) is 11.7. The maximum absolute atomic E-state index is 12.3. The summed E-state index contributed by atoms with van der Waals surface area (Å²) in [5, 5.41) is 5.73. The van der Waals surface area contributed by atoms with Crippen LogP contribution in [0.4, 0.5) is 4.79 Å². The van der Waals surface area contributed by atoms with Crippen LogP contribution in [0.15, 0.2) is 18.2 Å². The number of alkyl halides is 1. The molecule has 0 aliphatic rings. The van der Waals surface area contributed by atoms with Gasteiger partial charge in [0.2, 0.25) is 0 Å². The molecule has 1 aromatic carbocycles. The van der Waals surface area contributed by atoms with Crippen LogP contribution in [0.2, 0.25) is 0 Å². The van der Waals surface area contributed by atoms with Gasteiger partial charge in [0.15, 0.2) is 0 Å². The highest BCUT2D eigenvalue weighted by molar-refractivity contribution is 9.08. The van der Waals surface area contributed by atoms with Crippen LogP contribution in [-0.4, -0.2) is 28.6 Å². The maximum atomic E-state index is 12.3. The van der Waals surface area contributed by atoms with Crippen LogP contribution in [0, 0.1) is 0 Å². The fraction of sp³-hybridized carbons (Fsp3) is 0.429. The van der Waals surface area contributed by atoms with Crippen molar-refractivity contribution in [2.75, 3.05) is 7.11 Å². The number of benzene rings is 1. The second kappa shape index (κ2) is 5.44. The lowest BCUT2D eigenvalue weighted by Crippen LogP contribution is -2.27. The molecule has 0 aliphatic heterocycles. The largest absolute Gasteiger partial charge is 0.494 e. The number of halogens is 1. The predicted molar refractivity (Wildman–Crippen MR) is 80.5 cm³/mol. The van der Waals surface area contributed by atoms with Crippen LogP contribution >= 0.6 is 15.9 Å². The number of ether oxygens (including phenoxy) is 2. The van der Waals surface area contributed by atoms with E-state index in [-0.39, 0.29) is 0 Å². The molecule has 0 N–H and O–H groups in total. The molecule has 0 bridgehead atoms. The Morgan fingerprint density at radius 2 is 2.10 bits per heavy atom. The molecule has 0 radical (unpaired) electrons. The van der Waals surface area contributed by atoms with Gasteiger partial charge >= 0.3 is 6.09 Å². The van der Waals surface area contributed by atoms with Gasteiger partial charge in [-0.05, 0) is 26.8 Å². The lowest BCUT2D eigenvalue weighted by molar-refractivity contribution is 0.0521. The van der Waals surface area contributed by atoms with Gasteiger partial charge in [0, 0.05) is 10.7 Å². The number of hydrogen-bond acceptors (Lipinski definition) is 4. The Morgan fingerprint density at radius 3 is 2.65 bits per heavy atom. The Morgan fingerprint density at radius 1 is 1.40 bits per heavy atom. The van der Waals surface area contributed by atoms with Gasteiger partial charge in [-0.1, -0.05) is 28.1 Å². The van der Waals surface area contributed by atoms with E-state index in [1.165, 1.54) is 4.68 Å². The Balaban J connectivity index is 2.61. The molecule has 0 fully saturated rings. The van der Waals surface area contributed by atoms with Crippen LogP contribution in [0.3, 0.4) is 0 Å². The summed E-state index contributed by atoms with van der Waals surface area (Å²) < 4.78 is 12.0. The van der Waals surface area contributed by atoms with Crippen molar-refractivity contribution in [2.24, 2.45) is 0 Å². The number of rotatable bonds is 2. The van der Waals surface area contributed by atoms with Crippen molar-refractivity contribution < 1.29 is 14.3 Å². The highest BCUT2D eigenvalue weighted by Crippen LogP contribution is 2.29. The van der Waals surface area contributed by atoms with Crippen molar-refractivity contribution in [3.8, 4) is 5.75 Å². The van der Waals surface area contributed by atoms with E-state index in [2.05, 4.69) is 21.0 Å². The van der Waals surface area contributed by atoms with Gasteiger partial charge in [-0.15, -0.1) is 0 Å². The van der Waals surface area contributed by atoms with E-state index < -0.39 is 11.7 Å². The summed E-state index contributed by atoms with van der Waals surface area (Å²) in [5.41, 5.74) is 0.815. The van der Waals surface area contributed by atoms with Crippen molar-refractivity contribution in [3.05, 3.63) is 23.9 Å². The van der Waals surface area contributed by atoms with Gasteiger partial charge in [0.05, 0.1) is 12.8 Å². The summed E-state index contributed by atoms with van der Waals surface area (Å²) in [7, 11) is 1.56. The van der Waals surface area contributed by atoms with E-state index in [0.29, 0.717) is 16.6 Å². The standard InChI is InChI=1S/C14H17BrN2O3/c1-14(2,3)20-13(18)17-12-9(10(8-15)16-17)6-5-7-11(12)19-4/h5-7H,8H2,1-4H3.